The van der Waals surface area contributed by atoms with Crippen molar-refractivity contribution >= 4 is 34.2 Å². The van der Waals surface area contributed by atoms with E-state index in [1.807, 2.05) is 35.8 Å². The number of aliphatic carboxylic acids is 1. The second-order valence-electron chi connectivity index (χ2n) is 10.1. The lowest BCUT2D eigenvalue weighted by Gasteiger charge is -2.27. The molecule has 1 N–H and O–H groups in total. The van der Waals surface area contributed by atoms with Crippen LogP contribution < -0.4 is 9.80 Å². The molecule has 200 valence electrons. The Bertz CT molecular complexity index is 1250. The molecule has 0 radical (unpaired) electrons. The van der Waals surface area contributed by atoms with Crippen LogP contribution in [0.15, 0.2) is 48.0 Å². The first kappa shape index (κ1) is 26.3. The van der Waals surface area contributed by atoms with Gasteiger partial charge in [0.1, 0.15) is 5.82 Å². The Labute approximate surface area is 227 Å². The number of carboxylic acids is 1. The summed E-state index contributed by atoms with van der Waals surface area (Å²) in [5, 5.41) is 12.0. The molecule has 2 aliphatic rings. The van der Waals surface area contributed by atoms with Gasteiger partial charge in [0.15, 0.2) is 5.13 Å². The summed E-state index contributed by atoms with van der Waals surface area (Å²) in [6, 6.07) is 12.2. The standard InChI is InChI=1S/C29H34N4O4S/c1-32(28(36)22(17-27(34)35)16-20-6-2-3-7-20)29-31-25(19-38-29)24-9-5-4-8-23(24)21-10-11-26(30-18-21)33-12-14-37-15-13-33/h4-5,8-11,18-20,22H,2-3,6-7,12-17H2,1H3,(H,34,35). The Hall–Kier alpha value is -3.30. The van der Waals surface area contributed by atoms with Gasteiger partial charge in [-0.1, -0.05) is 49.9 Å². The van der Waals surface area contributed by atoms with Gasteiger partial charge in [0.05, 0.1) is 25.3 Å². The molecule has 1 unspecified atom stereocenters. The molecule has 2 fully saturated rings. The van der Waals surface area contributed by atoms with Gasteiger partial charge in [-0.25, -0.2) is 9.97 Å². The Balaban J connectivity index is 1.34. The third-order valence-electron chi connectivity index (χ3n) is 7.57. The van der Waals surface area contributed by atoms with E-state index in [0.717, 1.165) is 67.0 Å². The number of rotatable bonds is 9. The SMILES string of the molecule is CN(C(=O)C(CC(=O)O)CC1CCCC1)c1nc(-c2ccccc2-c2ccc(N3CCOCC3)nc2)cs1. The Kier molecular flexibility index (Phi) is 8.34. The predicted molar refractivity (Wildman–Crippen MR) is 150 cm³/mol. The first-order chi connectivity index (χ1) is 18.5. The highest BCUT2D eigenvalue weighted by atomic mass is 32.1. The number of carboxylic acid groups (broad SMARTS) is 1. The van der Waals surface area contributed by atoms with E-state index >= 15 is 0 Å². The molecule has 1 atom stereocenters. The van der Waals surface area contributed by atoms with Crippen molar-refractivity contribution in [2.24, 2.45) is 11.8 Å². The summed E-state index contributed by atoms with van der Waals surface area (Å²) >= 11 is 1.40. The highest BCUT2D eigenvalue weighted by molar-refractivity contribution is 7.14. The topological polar surface area (TPSA) is 95.9 Å². The molecule has 5 rings (SSSR count). The van der Waals surface area contributed by atoms with Gasteiger partial charge in [-0.2, -0.15) is 0 Å². The van der Waals surface area contributed by atoms with E-state index in [9.17, 15) is 14.7 Å². The average molecular weight is 535 g/mol. The number of anilines is 2. The molecule has 8 nitrogen and oxygen atoms in total. The van der Waals surface area contributed by atoms with Crippen molar-refractivity contribution in [1.82, 2.24) is 9.97 Å². The summed E-state index contributed by atoms with van der Waals surface area (Å²) in [5.74, 6) is -0.262. The number of morpholine rings is 1. The molecule has 0 bridgehead atoms. The molecule has 0 spiro atoms. The van der Waals surface area contributed by atoms with Gasteiger partial charge in [-0.15, -0.1) is 11.3 Å². The minimum atomic E-state index is -0.934. The number of nitrogens with zero attached hydrogens (tertiary/aromatic N) is 4. The fourth-order valence-corrected chi connectivity index (χ4v) is 6.32. The maximum atomic E-state index is 13.4. The van der Waals surface area contributed by atoms with Crippen molar-refractivity contribution in [1.29, 1.82) is 0 Å². The molecular formula is C29H34N4O4S. The number of amides is 1. The highest BCUT2D eigenvalue weighted by Gasteiger charge is 2.30. The average Bonchev–Trinajstić information content (AvgIpc) is 3.65. The summed E-state index contributed by atoms with van der Waals surface area (Å²) in [5.41, 5.74) is 3.76. The second-order valence-corrected chi connectivity index (χ2v) is 11.0. The molecule has 1 saturated heterocycles. The number of aromatic nitrogens is 2. The molecule has 3 heterocycles. The quantitative estimate of drug-likeness (QED) is 0.396. The predicted octanol–water partition coefficient (Wildman–Crippen LogP) is 5.34. The molecule has 1 amide bonds. The van der Waals surface area contributed by atoms with E-state index in [2.05, 4.69) is 17.0 Å². The molecule has 9 heteroatoms. The zero-order valence-corrected chi connectivity index (χ0v) is 22.5. The Morgan fingerprint density at radius 3 is 2.55 bits per heavy atom. The zero-order chi connectivity index (χ0) is 26.5. The molecule has 38 heavy (non-hydrogen) atoms. The van der Waals surface area contributed by atoms with Crippen molar-refractivity contribution in [2.75, 3.05) is 43.2 Å². The van der Waals surface area contributed by atoms with Gasteiger partial charge < -0.3 is 14.7 Å². The van der Waals surface area contributed by atoms with Crippen LogP contribution in [0.5, 0.6) is 0 Å². The second kappa shape index (κ2) is 12.0. The van der Waals surface area contributed by atoms with E-state index in [4.69, 9.17) is 14.7 Å². The summed E-state index contributed by atoms with van der Waals surface area (Å²) < 4.78 is 5.45. The van der Waals surface area contributed by atoms with E-state index in [-0.39, 0.29) is 12.3 Å². The fourth-order valence-electron chi connectivity index (χ4n) is 5.52. The molecule has 1 aromatic carbocycles. The van der Waals surface area contributed by atoms with E-state index in [0.29, 0.717) is 30.7 Å². The first-order valence-corrected chi connectivity index (χ1v) is 14.2. The Morgan fingerprint density at radius 1 is 1.13 bits per heavy atom. The number of hydrogen-bond acceptors (Lipinski definition) is 7. The number of thiazole rings is 1. The molecule has 1 aliphatic heterocycles. The van der Waals surface area contributed by atoms with E-state index in [1.165, 1.54) is 16.2 Å². The number of hydrogen-bond donors (Lipinski definition) is 1. The molecule has 1 saturated carbocycles. The fraction of sp³-hybridized carbons (Fsp3) is 0.448. The summed E-state index contributed by atoms with van der Waals surface area (Å²) in [6.45, 7) is 3.11. The lowest BCUT2D eigenvalue weighted by molar-refractivity contribution is -0.140. The smallest absolute Gasteiger partial charge is 0.304 e. The van der Waals surface area contributed by atoms with Crippen molar-refractivity contribution < 1.29 is 19.4 Å². The minimum absolute atomic E-state index is 0.145. The lowest BCUT2D eigenvalue weighted by Crippen LogP contribution is -2.36. The number of carbonyl (C=O) groups excluding carboxylic acids is 1. The number of pyridine rings is 1. The van der Waals surface area contributed by atoms with Gasteiger partial charge >= 0.3 is 5.97 Å². The van der Waals surface area contributed by atoms with Crippen LogP contribution in [-0.4, -0.2) is 60.3 Å². The number of benzene rings is 1. The van der Waals surface area contributed by atoms with Crippen LogP contribution >= 0.6 is 11.3 Å². The van der Waals surface area contributed by atoms with Gasteiger partial charge in [0.25, 0.3) is 0 Å². The van der Waals surface area contributed by atoms with Gasteiger partial charge in [0, 0.05) is 48.8 Å². The monoisotopic (exact) mass is 534 g/mol. The van der Waals surface area contributed by atoms with Crippen molar-refractivity contribution in [3.63, 3.8) is 0 Å². The Morgan fingerprint density at radius 2 is 1.87 bits per heavy atom. The summed E-state index contributed by atoms with van der Waals surface area (Å²) in [4.78, 5) is 38.2. The lowest BCUT2D eigenvalue weighted by atomic mass is 9.90. The van der Waals surface area contributed by atoms with Crippen molar-refractivity contribution in [3.8, 4) is 22.4 Å². The maximum absolute atomic E-state index is 13.4. The normalized spacial score (nSPS) is 16.9. The van der Waals surface area contributed by atoms with Crippen LogP contribution in [0, 0.1) is 11.8 Å². The third-order valence-corrected chi connectivity index (χ3v) is 8.49. The van der Waals surface area contributed by atoms with E-state index in [1.54, 1.807) is 7.05 Å². The molecule has 3 aromatic rings. The van der Waals surface area contributed by atoms with Crippen molar-refractivity contribution in [3.05, 3.63) is 48.0 Å². The molecule has 1 aliphatic carbocycles. The van der Waals surface area contributed by atoms with Crippen LogP contribution in [0.2, 0.25) is 0 Å². The van der Waals surface area contributed by atoms with Crippen LogP contribution in [0.4, 0.5) is 10.9 Å². The minimum Gasteiger partial charge on any atom is -0.481 e. The van der Waals surface area contributed by atoms with Crippen molar-refractivity contribution in [2.45, 2.75) is 38.5 Å². The number of ether oxygens (including phenoxy) is 1. The van der Waals surface area contributed by atoms with Gasteiger partial charge in [-0.3, -0.25) is 14.5 Å². The third kappa shape index (κ3) is 6.05. The summed E-state index contributed by atoms with van der Waals surface area (Å²) in [6.07, 6.45) is 6.86. The number of carbonyl (C=O) groups is 2. The largest absolute Gasteiger partial charge is 0.481 e. The van der Waals surface area contributed by atoms with Gasteiger partial charge in [0.2, 0.25) is 5.91 Å². The summed E-state index contributed by atoms with van der Waals surface area (Å²) in [7, 11) is 1.70. The van der Waals surface area contributed by atoms with Crippen LogP contribution in [-0.2, 0) is 14.3 Å². The molecule has 2 aromatic heterocycles. The zero-order valence-electron chi connectivity index (χ0n) is 21.7. The van der Waals surface area contributed by atoms with Crippen LogP contribution in [0.25, 0.3) is 22.4 Å². The molecular weight excluding hydrogens is 500 g/mol. The van der Waals surface area contributed by atoms with Crippen LogP contribution in [0.1, 0.15) is 38.5 Å². The van der Waals surface area contributed by atoms with Crippen LogP contribution in [0.3, 0.4) is 0 Å². The highest BCUT2D eigenvalue weighted by Crippen LogP contribution is 2.36. The first-order valence-electron chi connectivity index (χ1n) is 13.3. The van der Waals surface area contributed by atoms with Gasteiger partial charge in [-0.05, 0) is 30.0 Å². The maximum Gasteiger partial charge on any atom is 0.304 e. The van der Waals surface area contributed by atoms with E-state index < -0.39 is 11.9 Å².